The van der Waals surface area contributed by atoms with Crippen LogP contribution in [0.3, 0.4) is 0 Å². The van der Waals surface area contributed by atoms with Gasteiger partial charge < -0.3 is 9.72 Å². The minimum atomic E-state index is -0.759. The Morgan fingerprint density at radius 1 is 1.22 bits per heavy atom. The van der Waals surface area contributed by atoms with E-state index in [1.54, 1.807) is 0 Å². The van der Waals surface area contributed by atoms with Gasteiger partial charge in [0.05, 0.1) is 6.07 Å². The third-order valence-corrected chi connectivity index (χ3v) is 2.16. The molecule has 0 amide bonds. The summed E-state index contributed by atoms with van der Waals surface area (Å²) in [6.45, 7) is 1.81. The predicted octanol–water partition coefficient (Wildman–Crippen LogP) is 2.40. The molecule has 4 nitrogen and oxygen atoms in total. The number of aromatic amines is 1. The minimum Gasteiger partial charge on any atom is -0.439 e. The zero-order chi connectivity index (χ0) is 13.1. The maximum Gasteiger partial charge on any atom is 0.254 e. The largest absolute Gasteiger partial charge is 0.439 e. The first-order valence-corrected chi connectivity index (χ1v) is 5.31. The van der Waals surface area contributed by atoms with Gasteiger partial charge in [-0.2, -0.15) is 4.98 Å². The van der Waals surface area contributed by atoms with E-state index in [9.17, 15) is 13.6 Å². The Morgan fingerprint density at radius 3 is 2.50 bits per heavy atom. The average Bonchev–Trinajstić information content (AvgIpc) is 2.26. The van der Waals surface area contributed by atoms with E-state index in [0.29, 0.717) is 12.2 Å². The standard InChI is InChI=1S/C12H10F2N2O2/c1-2-10-15-11(17)6-12(16-10)18-9-4-7(13)3-8(14)5-9/h3-6H,2H2,1H3,(H,15,16,17). The molecule has 1 aromatic carbocycles. The number of halogens is 2. The number of nitrogens with one attached hydrogen (secondary N) is 1. The lowest BCUT2D eigenvalue weighted by Crippen LogP contribution is -2.10. The van der Waals surface area contributed by atoms with Crippen LogP contribution in [0.2, 0.25) is 0 Å². The van der Waals surface area contributed by atoms with Crippen molar-refractivity contribution < 1.29 is 13.5 Å². The summed E-state index contributed by atoms with van der Waals surface area (Å²) < 4.78 is 31.0. The highest BCUT2D eigenvalue weighted by Gasteiger charge is 2.05. The van der Waals surface area contributed by atoms with Crippen molar-refractivity contribution in [3.63, 3.8) is 0 Å². The third-order valence-electron chi connectivity index (χ3n) is 2.16. The van der Waals surface area contributed by atoms with Crippen molar-refractivity contribution in [2.24, 2.45) is 0 Å². The van der Waals surface area contributed by atoms with Crippen molar-refractivity contribution in [1.82, 2.24) is 9.97 Å². The van der Waals surface area contributed by atoms with Crippen LogP contribution in [0.4, 0.5) is 8.78 Å². The molecule has 0 saturated carbocycles. The van der Waals surface area contributed by atoms with Crippen LogP contribution in [0.1, 0.15) is 12.7 Å². The van der Waals surface area contributed by atoms with Gasteiger partial charge in [0, 0.05) is 24.6 Å². The van der Waals surface area contributed by atoms with Gasteiger partial charge >= 0.3 is 0 Å². The first-order chi connectivity index (χ1) is 8.56. The Hall–Kier alpha value is -2.24. The van der Waals surface area contributed by atoms with Gasteiger partial charge in [0.2, 0.25) is 5.88 Å². The summed E-state index contributed by atoms with van der Waals surface area (Å²) in [5, 5.41) is 0. The summed E-state index contributed by atoms with van der Waals surface area (Å²) in [6, 6.07) is 3.87. The number of H-pyrrole nitrogens is 1. The van der Waals surface area contributed by atoms with Gasteiger partial charge in [-0.1, -0.05) is 6.92 Å². The fourth-order valence-corrected chi connectivity index (χ4v) is 1.41. The summed E-state index contributed by atoms with van der Waals surface area (Å²) in [4.78, 5) is 17.8. The molecule has 94 valence electrons. The molecule has 0 fully saturated rings. The SMILES string of the molecule is CCc1nc(Oc2cc(F)cc(F)c2)cc(=O)[nH]1. The van der Waals surface area contributed by atoms with E-state index in [1.165, 1.54) is 0 Å². The summed E-state index contributed by atoms with van der Waals surface area (Å²) in [5.41, 5.74) is -0.381. The normalized spacial score (nSPS) is 10.4. The van der Waals surface area contributed by atoms with Crippen molar-refractivity contribution in [3.05, 3.63) is 52.1 Å². The predicted molar refractivity (Wildman–Crippen MR) is 60.7 cm³/mol. The Bertz CT molecular complexity index is 605. The summed E-state index contributed by atoms with van der Waals surface area (Å²) in [6.07, 6.45) is 0.518. The smallest absolute Gasteiger partial charge is 0.254 e. The second-order valence-corrected chi connectivity index (χ2v) is 3.59. The molecule has 0 saturated heterocycles. The van der Waals surface area contributed by atoms with Crippen molar-refractivity contribution >= 4 is 0 Å². The molecule has 0 bridgehead atoms. The van der Waals surface area contributed by atoms with Crippen molar-refractivity contribution in [2.45, 2.75) is 13.3 Å². The molecule has 0 spiro atoms. The number of rotatable bonds is 3. The first kappa shape index (κ1) is 12.2. The van der Waals surface area contributed by atoms with Gasteiger partial charge in [0.15, 0.2) is 0 Å². The fourth-order valence-electron chi connectivity index (χ4n) is 1.41. The van der Waals surface area contributed by atoms with Gasteiger partial charge in [-0.05, 0) is 0 Å². The number of ether oxygens (including phenoxy) is 1. The molecule has 0 unspecified atom stereocenters. The molecule has 0 aliphatic heterocycles. The first-order valence-electron chi connectivity index (χ1n) is 5.31. The Kier molecular flexibility index (Phi) is 3.36. The molecule has 1 aromatic heterocycles. The van der Waals surface area contributed by atoms with Crippen molar-refractivity contribution in [1.29, 1.82) is 0 Å². The molecule has 1 heterocycles. The molecule has 0 aliphatic carbocycles. The van der Waals surface area contributed by atoms with Crippen LogP contribution in [-0.2, 0) is 6.42 Å². The average molecular weight is 252 g/mol. The van der Waals surface area contributed by atoms with Gasteiger partial charge in [-0.15, -0.1) is 0 Å². The third kappa shape index (κ3) is 2.91. The molecule has 0 radical (unpaired) electrons. The van der Waals surface area contributed by atoms with E-state index < -0.39 is 11.6 Å². The summed E-state index contributed by atoms with van der Waals surface area (Å²) in [5.74, 6) is -1.13. The molecule has 2 aromatic rings. The molecule has 0 atom stereocenters. The van der Waals surface area contributed by atoms with Crippen LogP contribution < -0.4 is 10.3 Å². The highest BCUT2D eigenvalue weighted by atomic mass is 19.1. The molecule has 18 heavy (non-hydrogen) atoms. The molecule has 2 rings (SSSR count). The highest BCUT2D eigenvalue weighted by molar-refractivity contribution is 5.28. The highest BCUT2D eigenvalue weighted by Crippen LogP contribution is 2.20. The lowest BCUT2D eigenvalue weighted by Gasteiger charge is -2.05. The second-order valence-electron chi connectivity index (χ2n) is 3.59. The number of hydrogen-bond donors (Lipinski definition) is 1. The van der Waals surface area contributed by atoms with Gasteiger partial charge in [-0.25, -0.2) is 8.78 Å². The zero-order valence-corrected chi connectivity index (χ0v) is 9.54. The number of nitrogens with zero attached hydrogens (tertiary/aromatic N) is 1. The lowest BCUT2D eigenvalue weighted by atomic mass is 10.3. The lowest BCUT2D eigenvalue weighted by molar-refractivity contribution is 0.447. The van der Waals surface area contributed by atoms with E-state index in [4.69, 9.17) is 4.74 Å². The van der Waals surface area contributed by atoms with Crippen molar-refractivity contribution in [3.8, 4) is 11.6 Å². The van der Waals surface area contributed by atoms with E-state index in [0.717, 1.165) is 24.3 Å². The monoisotopic (exact) mass is 252 g/mol. The topological polar surface area (TPSA) is 55.0 Å². The van der Waals surface area contributed by atoms with Gasteiger partial charge in [0.25, 0.3) is 5.56 Å². The number of aromatic nitrogens is 2. The Morgan fingerprint density at radius 2 is 1.89 bits per heavy atom. The van der Waals surface area contributed by atoms with E-state index in [2.05, 4.69) is 9.97 Å². The van der Waals surface area contributed by atoms with Crippen molar-refractivity contribution in [2.75, 3.05) is 0 Å². The fraction of sp³-hybridized carbons (Fsp3) is 0.167. The molecule has 6 heteroatoms. The molecular weight excluding hydrogens is 242 g/mol. The van der Waals surface area contributed by atoms with Crippen LogP contribution in [0.15, 0.2) is 29.1 Å². The maximum absolute atomic E-state index is 12.9. The van der Waals surface area contributed by atoms with Crippen LogP contribution in [-0.4, -0.2) is 9.97 Å². The number of benzene rings is 1. The maximum atomic E-state index is 12.9. The molecule has 0 aliphatic rings. The molecular formula is C12H10F2N2O2. The summed E-state index contributed by atoms with van der Waals surface area (Å²) >= 11 is 0. The van der Waals surface area contributed by atoms with Crippen LogP contribution in [0.5, 0.6) is 11.6 Å². The number of hydrogen-bond acceptors (Lipinski definition) is 3. The number of aryl methyl sites for hydroxylation is 1. The van der Waals surface area contributed by atoms with E-state index >= 15 is 0 Å². The summed E-state index contributed by atoms with van der Waals surface area (Å²) in [7, 11) is 0. The Balaban J connectivity index is 2.33. The second kappa shape index (κ2) is 4.95. The molecule has 1 N–H and O–H groups in total. The Labute approximate surface area is 101 Å². The van der Waals surface area contributed by atoms with Crippen LogP contribution in [0.25, 0.3) is 0 Å². The quantitative estimate of drug-likeness (QED) is 0.912. The van der Waals surface area contributed by atoms with Gasteiger partial charge in [-0.3, -0.25) is 4.79 Å². The van der Waals surface area contributed by atoms with Gasteiger partial charge in [0.1, 0.15) is 23.2 Å². The minimum absolute atomic E-state index is 0.000556. The van der Waals surface area contributed by atoms with Crippen LogP contribution >= 0.6 is 0 Å². The van der Waals surface area contributed by atoms with E-state index in [-0.39, 0.29) is 17.2 Å². The zero-order valence-electron chi connectivity index (χ0n) is 9.54. The van der Waals surface area contributed by atoms with Crippen LogP contribution in [0, 0.1) is 11.6 Å². The van der Waals surface area contributed by atoms with E-state index in [1.807, 2.05) is 6.92 Å².